The second-order valence-electron chi connectivity index (χ2n) is 2.90. The van der Waals surface area contributed by atoms with Crippen LogP contribution in [0.15, 0.2) is 12.3 Å². The maximum atomic E-state index is 10.9. The van der Waals surface area contributed by atoms with Crippen LogP contribution in [0, 0.1) is 0 Å². The van der Waals surface area contributed by atoms with Gasteiger partial charge in [-0.3, -0.25) is 4.79 Å². The summed E-state index contributed by atoms with van der Waals surface area (Å²) in [6.07, 6.45) is 1.81. The summed E-state index contributed by atoms with van der Waals surface area (Å²) in [6.45, 7) is 0.364. The number of rotatable bonds is 5. The topological polar surface area (TPSA) is 111 Å². The number of hydrogen-bond donors (Lipinski definition) is 3. The summed E-state index contributed by atoms with van der Waals surface area (Å²) in [6, 6.07) is 1.38. The van der Waals surface area contributed by atoms with Crippen molar-refractivity contribution in [1.82, 2.24) is 4.98 Å². The van der Waals surface area contributed by atoms with E-state index in [2.05, 4.69) is 4.98 Å². The van der Waals surface area contributed by atoms with E-state index in [1.165, 1.54) is 12.3 Å². The van der Waals surface area contributed by atoms with Crippen molar-refractivity contribution in [3.05, 3.63) is 17.8 Å². The molecule has 5 N–H and O–H groups in total. The number of carbonyl (C=O) groups excluding carboxylic acids is 1. The standard InChI is InChI=1S/C9H13N3O3/c10-7-5-12-8(15-3-1-2-13)4-6(7)9(11)14/h4-5,13H,1-3,10H2,(H2,11,14). The molecule has 1 aromatic heterocycles. The normalized spacial score (nSPS) is 9.93. The molecule has 0 aromatic carbocycles. The van der Waals surface area contributed by atoms with Crippen LogP contribution in [-0.4, -0.2) is 29.2 Å². The van der Waals surface area contributed by atoms with Crippen molar-refractivity contribution in [3.63, 3.8) is 0 Å². The summed E-state index contributed by atoms with van der Waals surface area (Å²) in [7, 11) is 0. The highest BCUT2D eigenvalue weighted by Gasteiger charge is 2.08. The zero-order valence-electron chi connectivity index (χ0n) is 8.14. The Morgan fingerprint density at radius 3 is 2.93 bits per heavy atom. The van der Waals surface area contributed by atoms with Crippen LogP contribution in [0.25, 0.3) is 0 Å². The van der Waals surface area contributed by atoms with Gasteiger partial charge in [0.15, 0.2) is 0 Å². The molecule has 0 aliphatic rings. The first-order valence-electron chi connectivity index (χ1n) is 4.44. The highest BCUT2D eigenvalue weighted by Crippen LogP contribution is 2.15. The molecular formula is C9H13N3O3. The fourth-order valence-electron chi connectivity index (χ4n) is 0.980. The van der Waals surface area contributed by atoms with Gasteiger partial charge in [-0.15, -0.1) is 0 Å². The predicted molar refractivity (Wildman–Crippen MR) is 54.4 cm³/mol. The number of amides is 1. The molecule has 0 bridgehead atoms. The molecule has 0 fully saturated rings. The van der Waals surface area contributed by atoms with E-state index in [4.69, 9.17) is 21.3 Å². The van der Waals surface area contributed by atoms with Crippen LogP contribution < -0.4 is 16.2 Å². The molecule has 0 atom stereocenters. The van der Waals surface area contributed by atoms with Crippen molar-refractivity contribution in [3.8, 4) is 5.88 Å². The number of anilines is 1. The van der Waals surface area contributed by atoms with Crippen molar-refractivity contribution in [1.29, 1.82) is 0 Å². The minimum absolute atomic E-state index is 0.0393. The van der Waals surface area contributed by atoms with Crippen molar-refractivity contribution in [2.75, 3.05) is 18.9 Å². The lowest BCUT2D eigenvalue weighted by atomic mass is 10.2. The molecule has 1 aromatic rings. The van der Waals surface area contributed by atoms with Crippen molar-refractivity contribution in [2.45, 2.75) is 6.42 Å². The number of nitrogen functional groups attached to an aromatic ring is 1. The lowest BCUT2D eigenvalue weighted by Crippen LogP contribution is -2.14. The summed E-state index contributed by atoms with van der Waals surface area (Å²) >= 11 is 0. The number of carbonyl (C=O) groups is 1. The second kappa shape index (κ2) is 5.16. The number of pyridine rings is 1. The van der Waals surface area contributed by atoms with Crippen molar-refractivity contribution in [2.24, 2.45) is 5.73 Å². The van der Waals surface area contributed by atoms with Gasteiger partial charge in [0.1, 0.15) is 0 Å². The fraction of sp³-hybridized carbons (Fsp3) is 0.333. The molecule has 0 radical (unpaired) electrons. The van der Waals surface area contributed by atoms with Crippen molar-refractivity contribution < 1.29 is 14.6 Å². The average molecular weight is 211 g/mol. The zero-order chi connectivity index (χ0) is 11.3. The minimum atomic E-state index is -0.623. The first-order valence-corrected chi connectivity index (χ1v) is 4.44. The maximum Gasteiger partial charge on any atom is 0.251 e. The SMILES string of the molecule is NC(=O)c1cc(OCCCO)ncc1N. The Morgan fingerprint density at radius 1 is 1.60 bits per heavy atom. The van der Waals surface area contributed by atoms with Gasteiger partial charge in [0, 0.05) is 19.1 Å². The number of primary amides is 1. The van der Waals surface area contributed by atoms with Gasteiger partial charge in [-0.25, -0.2) is 4.98 Å². The molecular weight excluding hydrogens is 198 g/mol. The van der Waals surface area contributed by atoms with Gasteiger partial charge in [-0.1, -0.05) is 0 Å². The number of aliphatic hydroxyl groups is 1. The van der Waals surface area contributed by atoms with Gasteiger partial charge in [-0.2, -0.15) is 0 Å². The van der Waals surface area contributed by atoms with Gasteiger partial charge in [0.25, 0.3) is 5.91 Å². The maximum absolute atomic E-state index is 10.9. The quantitative estimate of drug-likeness (QED) is 0.570. The van der Waals surface area contributed by atoms with E-state index in [0.29, 0.717) is 13.0 Å². The Morgan fingerprint density at radius 2 is 2.33 bits per heavy atom. The van der Waals surface area contributed by atoms with Crippen LogP contribution in [-0.2, 0) is 0 Å². The zero-order valence-corrected chi connectivity index (χ0v) is 8.14. The molecule has 0 aliphatic carbocycles. The summed E-state index contributed by atoms with van der Waals surface area (Å²) in [4.78, 5) is 14.8. The van der Waals surface area contributed by atoms with E-state index in [0.717, 1.165) is 0 Å². The lowest BCUT2D eigenvalue weighted by Gasteiger charge is -2.06. The van der Waals surface area contributed by atoms with E-state index < -0.39 is 5.91 Å². The number of hydrogen-bond acceptors (Lipinski definition) is 5. The highest BCUT2D eigenvalue weighted by atomic mass is 16.5. The predicted octanol–water partition coefficient (Wildman–Crippen LogP) is -0.476. The third-order valence-corrected chi connectivity index (χ3v) is 1.73. The summed E-state index contributed by atoms with van der Waals surface area (Å²) in [5, 5.41) is 8.54. The molecule has 1 amide bonds. The molecule has 1 rings (SSSR count). The molecule has 0 aliphatic heterocycles. The summed E-state index contributed by atoms with van der Waals surface area (Å²) < 4.78 is 5.16. The molecule has 6 heteroatoms. The smallest absolute Gasteiger partial charge is 0.251 e. The first-order chi connectivity index (χ1) is 7.15. The van der Waals surface area contributed by atoms with Crippen molar-refractivity contribution >= 4 is 11.6 Å². The van der Waals surface area contributed by atoms with Crippen LogP contribution in [0.1, 0.15) is 16.8 Å². The first kappa shape index (κ1) is 11.3. The van der Waals surface area contributed by atoms with E-state index in [9.17, 15) is 4.79 Å². The van der Waals surface area contributed by atoms with Crippen LogP contribution in [0.2, 0.25) is 0 Å². The molecule has 15 heavy (non-hydrogen) atoms. The van der Waals surface area contributed by atoms with Gasteiger partial charge in [-0.05, 0) is 0 Å². The van der Waals surface area contributed by atoms with Crippen LogP contribution in [0.5, 0.6) is 5.88 Å². The third-order valence-electron chi connectivity index (χ3n) is 1.73. The Labute approximate surface area is 86.9 Å². The number of aromatic nitrogens is 1. The van der Waals surface area contributed by atoms with Crippen LogP contribution in [0.4, 0.5) is 5.69 Å². The third kappa shape index (κ3) is 3.10. The van der Waals surface area contributed by atoms with Crippen LogP contribution in [0.3, 0.4) is 0 Å². The van der Waals surface area contributed by atoms with E-state index >= 15 is 0 Å². The molecule has 0 unspecified atom stereocenters. The average Bonchev–Trinajstić information content (AvgIpc) is 2.20. The van der Waals surface area contributed by atoms with E-state index in [1.54, 1.807) is 0 Å². The van der Waals surface area contributed by atoms with Gasteiger partial charge in [0.2, 0.25) is 5.88 Å². The van der Waals surface area contributed by atoms with Gasteiger partial charge >= 0.3 is 0 Å². The summed E-state index contributed by atoms with van der Waals surface area (Å²) in [5.41, 5.74) is 11.0. The van der Waals surface area contributed by atoms with Crippen LogP contribution >= 0.6 is 0 Å². The highest BCUT2D eigenvalue weighted by molar-refractivity contribution is 5.97. The molecule has 0 saturated heterocycles. The minimum Gasteiger partial charge on any atom is -0.478 e. The fourth-order valence-corrected chi connectivity index (χ4v) is 0.980. The monoisotopic (exact) mass is 211 g/mol. The molecule has 0 spiro atoms. The molecule has 82 valence electrons. The number of nitrogens with two attached hydrogens (primary N) is 2. The van der Waals surface area contributed by atoms with Gasteiger partial charge < -0.3 is 21.3 Å². The molecule has 1 heterocycles. The van der Waals surface area contributed by atoms with E-state index in [-0.39, 0.29) is 23.7 Å². The lowest BCUT2D eigenvalue weighted by molar-refractivity contribution is 0.100. The molecule has 6 nitrogen and oxygen atoms in total. The number of nitrogens with zero attached hydrogens (tertiary/aromatic N) is 1. The number of aliphatic hydroxyl groups excluding tert-OH is 1. The van der Waals surface area contributed by atoms with Gasteiger partial charge in [0.05, 0.1) is 24.1 Å². The Hall–Kier alpha value is -1.82. The largest absolute Gasteiger partial charge is 0.478 e. The number of ether oxygens (including phenoxy) is 1. The second-order valence-corrected chi connectivity index (χ2v) is 2.90. The molecule has 0 saturated carbocycles. The summed E-state index contributed by atoms with van der Waals surface area (Å²) in [5.74, 6) is -0.353. The Bertz CT molecular complexity index is 354. The Kier molecular flexibility index (Phi) is 3.87. The van der Waals surface area contributed by atoms with E-state index in [1.807, 2.05) is 0 Å². The Balaban J connectivity index is 2.74.